The molecule has 1 unspecified atom stereocenters. The van der Waals surface area contributed by atoms with Gasteiger partial charge in [-0.1, -0.05) is 32.6 Å². The smallest absolute Gasteiger partial charge is 0.297 e. The Kier molecular flexibility index (Phi) is 8.26. The Morgan fingerprint density at radius 3 is 2.25 bits per heavy atom. The van der Waals surface area contributed by atoms with E-state index in [1.807, 2.05) is 6.92 Å². The number of hydrogen-bond acceptors (Lipinski definition) is 2. The third kappa shape index (κ3) is 6.83. The van der Waals surface area contributed by atoms with Gasteiger partial charge in [-0.2, -0.15) is 0 Å². The van der Waals surface area contributed by atoms with Crippen LogP contribution in [-0.2, 0) is 9.53 Å². The first-order chi connectivity index (χ1) is 7.54. The van der Waals surface area contributed by atoms with E-state index < -0.39 is 0 Å². The van der Waals surface area contributed by atoms with Crippen molar-refractivity contribution in [2.45, 2.75) is 58.6 Å². The standard InChI is InChI=1S/C13H28NO2/c1-5-6-7-8-9-10-11-14(3,4)13(2)16-12-15/h12-13H,5-11H2,1-4H3/q+1. The summed E-state index contributed by atoms with van der Waals surface area (Å²) in [5.41, 5.74) is 0. The Hall–Kier alpha value is -0.570. The zero-order chi connectivity index (χ0) is 12.4. The number of nitrogens with zero attached hydrogens (tertiary/aromatic N) is 1. The lowest BCUT2D eigenvalue weighted by molar-refractivity contribution is -0.932. The lowest BCUT2D eigenvalue weighted by Crippen LogP contribution is -2.49. The monoisotopic (exact) mass is 230 g/mol. The van der Waals surface area contributed by atoms with Crippen LogP contribution in [0.15, 0.2) is 0 Å². The van der Waals surface area contributed by atoms with Gasteiger partial charge in [0.1, 0.15) is 0 Å². The van der Waals surface area contributed by atoms with E-state index in [0.29, 0.717) is 6.47 Å². The van der Waals surface area contributed by atoms with Crippen molar-refractivity contribution < 1.29 is 14.0 Å². The fourth-order valence-corrected chi connectivity index (χ4v) is 1.73. The minimum atomic E-state index is -0.0480. The number of hydrogen-bond donors (Lipinski definition) is 0. The Morgan fingerprint density at radius 1 is 1.12 bits per heavy atom. The van der Waals surface area contributed by atoms with E-state index in [1.165, 1.54) is 38.5 Å². The number of rotatable bonds is 10. The lowest BCUT2D eigenvalue weighted by Gasteiger charge is -2.34. The van der Waals surface area contributed by atoms with E-state index in [1.54, 1.807) is 0 Å². The highest BCUT2D eigenvalue weighted by atomic mass is 16.5. The fourth-order valence-electron chi connectivity index (χ4n) is 1.73. The SMILES string of the molecule is CCCCCCCC[N+](C)(C)C(C)OC=O. The first-order valence-corrected chi connectivity index (χ1v) is 6.46. The molecule has 0 spiro atoms. The van der Waals surface area contributed by atoms with Crippen LogP contribution in [0.3, 0.4) is 0 Å². The number of ether oxygens (including phenoxy) is 1. The van der Waals surface area contributed by atoms with Gasteiger partial charge in [-0.05, 0) is 12.8 Å². The summed E-state index contributed by atoms with van der Waals surface area (Å²) in [6, 6.07) is 0. The largest absolute Gasteiger partial charge is 0.415 e. The summed E-state index contributed by atoms with van der Waals surface area (Å²) in [4.78, 5) is 10.3. The Bertz CT molecular complexity index is 181. The van der Waals surface area contributed by atoms with Crippen molar-refractivity contribution in [1.29, 1.82) is 0 Å². The van der Waals surface area contributed by atoms with Crippen molar-refractivity contribution >= 4 is 6.47 Å². The van der Waals surface area contributed by atoms with Gasteiger partial charge in [-0.15, -0.1) is 0 Å². The van der Waals surface area contributed by atoms with Crippen molar-refractivity contribution in [2.24, 2.45) is 0 Å². The molecule has 0 aromatic heterocycles. The van der Waals surface area contributed by atoms with E-state index in [-0.39, 0.29) is 6.23 Å². The highest BCUT2D eigenvalue weighted by molar-refractivity contribution is 5.37. The summed E-state index contributed by atoms with van der Waals surface area (Å²) >= 11 is 0. The van der Waals surface area contributed by atoms with Crippen LogP contribution < -0.4 is 0 Å². The molecule has 0 aliphatic carbocycles. The summed E-state index contributed by atoms with van der Waals surface area (Å²) in [6.45, 7) is 5.80. The summed E-state index contributed by atoms with van der Waals surface area (Å²) in [5.74, 6) is 0. The molecule has 0 fully saturated rings. The molecular formula is C13H28NO2+. The summed E-state index contributed by atoms with van der Waals surface area (Å²) in [6.07, 6.45) is 7.78. The average Bonchev–Trinajstić information content (AvgIpc) is 2.23. The molecule has 0 N–H and O–H groups in total. The normalized spacial score (nSPS) is 13.5. The zero-order valence-corrected chi connectivity index (χ0v) is 11.4. The van der Waals surface area contributed by atoms with E-state index in [0.717, 1.165) is 11.0 Å². The molecular weight excluding hydrogens is 202 g/mol. The van der Waals surface area contributed by atoms with Crippen molar-refractivity contribution in [1.82, 2.24) is 0 Å². The van der Waals surface area contributed by atoms with Crippen molar-refractivity contribution in [2.75, 3.05) is 20.6 Å². The van der Waals surface area contributed by atoms with Crippen LogP contribution in [0, 0.1) is 0 Å². The van der Waals surface area contributed by atoms with Crippen molar-refractivity contribution in [3.8, 4) is 0 Å². The second-order valence-corrected chi connectivity index (χ2v) is 5.10. The van der Waals surface area contributed by atoms with Gasteiger partial charge in [0, 0.05) is 6.92 Å². The first kappa shape index (κ1) is 15.4. The van der Waals surface area contributed by atoms with Crippen molar-refractivity contribution in [3.63, 3.8) is 0 Å². The molecule has 96 valence electrons. The predicted octanol–water partition coefficient (Wildman–Crippen LogP) is 2.94. The minimum Gasteiger partial charge on any atom is -0.415 e. The topological polar surface area (TPSA) is 26.3 Å². The fraction of sp³-hybridized carbons (Fsp3) is 0.923. The van der Waals surface area contributed by atoms with Crippen LogP contribution in [0.2, 0.25) is 0 Å². The highest BCUT2D eigenvalue weighted by Crippen LogP contribution is 2.11. The number of unbranched alkanes of at least 4 members (excludes halogenated alkanes) is 5. The van der Waals surface area contributed by atoms with Gasteiger partial charge in [-0.25, -0.2) is 0 Å². The molecule has 0 bridgehead atoms. The maximum Gasteiger partial charge on any atom is 0.297 e. The second kappa shape index (κ2) is 8.57. The van der Waals surface area contributed by atoms with Crippen LogP contribution in [0.4, 0.5) is 0 Å². The van der Waals surface area contributed by atoms with Gasteiger partial charge in [0.05, 0.1) is 20.6 Å². The number of quaternary nitrogens is 1. The molecule has 0 saturated heterocycles. The maximum absolute atomic E-state index is 10.3. The van der Waals surface area contributed by atoms with Gasteiger partial charge < -0.3 is 4.74 Å². The lowest BCUT2D eigenvalue weighted by atomic mass is 10.1. The molecule has 16 heavy (non-hydrogen) atoms. The maximum atomic E-state index is 10.3. The Morgan fingerprint density at radius 2 is 1.69 bits per heavy atom. The first-order valence-electron chi connectivity index (χ1n) is 6.46. The zero-order valence-electron chi connectivity index (χ0n) is 11.4. The van der Waals surface area contributed by atoms with E-state index in [9.17, 15) is 4.79 Å². The molecule has 0 radical (unpaired) electrons. The molecule has 0 rings (SSSR count). The quantitative estimate of drug-likeness (QED) is 0.250. The molecule has 1 atom stereocenters. The summed E-state index contributed by atoms with van der Waals surface area (Å²) in [7, 11) is 4.22. The number of carbonyl (C=O) groups is 1. The van der Waals surface area contributed by atoms with E-state index in [2.05, 4.69) is 21.0 Å². The predicted molar refractivity (Wildman–Crippen MR) is 67.0 cm³/mol. The van der Waals surface area contributed by atoms with Crippen LogP contribution >= 0.6 is 0 Å². The highest BCUT2D eigenvalue weighted by Gasteiger charge is 2.24. The van der Waals surface area contributed by atoms with Crippen molar-refractivity contribution in [3.05, 3.63) is 0 Å². The second-order valence-electron chi connectivity index (χ2n) is 5.10. The van der Waals surface area contributed by atoms with Crippen LogP contribution in [0.25, 0.3) is 0 Å². The van der Waals surface area contributed by atoms with Crippen LogP contribution in [0.5, 0.6) is 0 Å². The minimum absolute atomic E-state index is 0.0480. The molecule has 0 aliphatic rings. The van der Waals surface area contributed by atoms with Gasteiger partial charge in [0.25, 0.3) is 6.47 Å². The van der Waals surface area contributed by atoms with Gasteiger partial charge in [0.2, 0.25) is 6.23 Å². The summed E-state index contributed by atoms with van der Waals surface area (Å²) in [5, 5.41) is 0. The molecule has 0 aromatic carbocycles. The van der Waals surface area contributed by atoms with E-state index in [4.69, 9.17) is 4.74 Å². The molecule has 3 nitrogen and oxygen atoms in total. The molecule has 0 heterocycles. The molecule has 0 saturated carbocycles. The van der Waals surface area contributed by atoms with Gasteiger partial charge >= 0.3 is 0 Å². The molecule has 3 heteroatoms. The number of carbonyl (C=O) groups excluding carboxylic acids is 1. The molecule has 0 amide bonds. The van der Waals surface area contributed by atoms with Gasteiger partial charge in [-0.3, -0.25) is 9.28 Å². The summed E-state index contributed by atoms with van der Waals surface area (Å²) < 4.78 is 5.75. The molecule has 0 aliphatic heterocycles. The molecule has 0 aromatic rings. The average molecular weight is 230 g/mol. The van der Waals surface area contributed by atoms with Crippen LogP contribution in [-0.4, -0.2) is 37.8 Å². The third-order valence-electron chi connectivity index (χ3n) is 3.32. The van der Waals surface area contributed by atoms with Gasteiger partial charge in [0.15, 0.2) is 0 Å². The van der Waals surface area contributed by atoms with Crippen LogP contribution in [0.1, 0.15) is 52.4 Å². The Balaban J connectivity index is 3.60. The van der Waals surface area contributed by atoms with E-state index >= 15 is 0 Å². The Labute approximate surface area is 100 Å². The third-order valence-corrected chi connectivity index (χ3v) is 3.32.